The number of anilines is 5. The van der Waals surface area contributed by atoms with E-state index in [9.17, 15) is 0 Å². The zero-order chi connectivity index (χ0) is 37.7. The van der Waals surface area contributed by atoms with Gasteiger partial charge in [0.1, 0.15) is 22.1 Å². The minimum atomic E-state index is 0.449. The van der Waals surface area contributed by atoms with Crippen molar-refractivity contribution in [3.8, 4) is 23.0 Å². The number of nitrogens with one attached hydrogen (secondary N) is 3. The maximum atomic E-state index is 5.95. The molecule has 0 atom stereocenters. The Morgan fingerprint density at radius 2 is 1.17 bits per heavy atom. The van der Waals surface area contributed by atoms with Crippen molar-refractivity contribution >= 4 is 44.8 Å². The lowest BCUT2D eigenvalue weighted by Crippen LogP contribution is -2.22. The molecule has 14 nitrogen and oxygen atoms in total. The zero-order valence-corrected chi connectivity index (χ0v) is 33.0. The number of likely N-dealkylation sites (tertiary alicyclic amines) is 2. The average molecular weight is 796 g/mol. The minimum absolute atomic E-state index is 0.449. The Morgan fingerprint density at radius 3 is 1.70 bits per heavy atom. The van der Waals surface area contributed by atoms with Crippen LogP contribution < -0.4 is 40.6 Å². The number of aromatic nitrogens is 4. The Morgan fingerprint density at radius 1 is 0.660 bits per heavy atom. The van der Waals surface area contributed by atoms with Crippen molar-refractivity contribution in [2.24, 2.45) is 0 Å². The molecule has 4 aromatic rings. The van der Waals surface area contributed by atoms with Gasteiger partial charge in [-0.15, -0.1) is 0 Å². The third kappa shape index (κ3) is 14.7. The largest absolute Gasteiger partial charge is 0.491 e. The molecule has 2 aliphatic rings. The smallest absolute Gasteiger partial charge is 0.179 e. The number of nitrogens with zero attached hydrogens (tertiary/aromatic N) is 6. The van der Waals surface area contributed by atoms with Crippen molar-refractivity contribution in [3.05, 3.63) is 65.8 Å². The molecule has 6 heterocycles. The van der Waals surface area contributed by atoms with Crippen LogP contribution in [0.4, 0.5) is 28.8 Å². The van der Waals surface area contributed by atoms with E-state index in [0.717, 1.165) is 47.7 Å². The molecular formula is C38H55BrN10O4. The summed E-state index contributed by atoms with van der Waals surface area (Å²) in [5.41, 5.74) is 7.68. The topological polar surface area (TPSA) is 157 Å². The number of methoxy groups -OCH3 is 2. The quantitative estimate of drug-likeness (QED) is 0.0714. The van der Waals surface area contributed by atoms with Crippen LogP contribution in [0, 0.1) is 0 Å². The van der Waals surface area contributed by atoms with Crippen LogP contribution in [-0.4, -0.2) is 111 Å². The van der Waals surface area contributed by atoms with Crippen LogP contribution in [-0.2, 0) is 0 Å². The molecule has 0 aromatic carbocycles. The van der Waals surface area contributed by atoms with Crippen molar-refractivity contribution in [1.82, 2.24) is 29.7 Å². The number of rotatable bonds is 16. The van der Waals surface area contributed by atoms with E-state index in [1.807, 2.05) is 44.4 Å². The molecule has 2 saturated heterocycles. The molecular weight excluding hydrogens is 740 g/mol. The summed E-state index contributed by atoms with van der Waals surface area (Å²) in [6.07, 6.45) is 14.1. The van der Waals surface area contributed by atoms with Crippen LogP contribution in [0.3, 0.4) is 0 Å². The van der Waals surface area contributed by atoms with Gasteiger partial charge in [-0.05, 0) is 98.8 Å². The third-order valence-corrected chi connectivity index (χ3v) is 9.03. The first kappa shape index (κ1) is 41.2. The van der Waals surface area contributed by atoms with Crippen LogP contribution in [0.2, 0.25) is 0 Å². The van der Waals surface area contributed by atoms with E-state index in [1.54, 1.807) is 45.1 Å². The highest BCUT2D eigenvalue weighted by atomic mass is 79.9. The molecule has 0 bridgehead atoms. The molecule has 2 aliphatic heterocycles. The Labute approximate surface area is 322 Å². The number of nitrogens with two attached hydrogens (primary N) is 1. The Kier molecular flexibility index (Phi) is 18.0. The molecule has 53 heavy (non-hydrogen) atoms. The van der Waals surface area contributed by atoms with Gasteiger partial charge >= 0.3 is 0 Å². The summed E-state index contributed by atoms with van der Waals surface area (Å²) in [4.78, 5) is 21.6. The number of halogens is 1. The molecule has 0 saturated carbocycles. The van der Waals surface area contributed by atoms with Crippen LogP contribution in [0.25, 0.3) is 0 Å². The van der Waals surface area contributed by atoms with Crippen molar-refractivity contribution < 1.29 is 18.9 Å². The van der Waals surface area contributed by atoms with E-state index in [-0.39, 0.29) is 0 Å². The molecule has 0 amide bonds. The number of hydrogen-bond acceptors (Lipinski definition) is 14. The van der Waals surface area contributed by atoms with Gasteiger partial charge < -0.3 is 50.4 Å². The van der Waals surface area contributed by atoms with Crippen molar-refractivity contribution in [3.63, 3.8) is 0 Å². The first-order valence-corrected chi connectivity index (χ1v) is 18.9. The fourth-order valence-electron chi connectivity index (χ4n) is 5.76. The highest BCUT2D eigenvalue weighted by Gasteiger charge is 2.13. The standard InChI is InChI=1S/C19H27N5O2.C13H21N3O2.C6H7BrN2/c1-20-15-6-7-21-18(12-15)23-19-13-16(17(25-2)14-22-19)26-11-5-10-24-8-3-4-9-24;1-17-12-10-15-13(14)9-11(12)18-8-4-7-16-5-2-3-6-16;1-8-5-2-3-9-6(7)4-5/h6-7,12-14H,3-5,8-11H2,1-2H3,(H2,20,21,22,23);9-10H,2-8H2,1H3,(H2,14,15);2-4H,1H3,(H,8,9). The summed E-state index contributed by atoms with van der Waals surface area (Å²) in [5, 5.41) is 9.29. The molecule has 0 aliphatic carbocycles. The lowest BCUT2D eigenvalue weighted by Gasteiger charge is -2.16. The fourth-order valence-corrected chi connectivity index (χ4v) is 6.13. The van der Waals surface area contributed by atoms with Gasteiger partial charge in [0.2, 0.25) is 0 Å². The highest BCUT2D eigenvalue weighted by Crippen LogP contribution is 2.30. The molecule has 4 aromatic heterocycles. The Hall–Kier alpha value is -4.60. The van der Waals surface area contributed by atoms with E-state index in [4.69, 9.17) is 24.7 Å². The normalized spacial score (nSPS) is 13.9. The predicted octanol–water partition coefficient (Wildman–Crippen LogP) is 6.56. The summed E-state index contributed by atoms with van der Waals surface area (Å²) < 4.78 is 23.0. The zero-order valence-electron chi connectivity index (χ0n) is 31.4. The predicted molar refractivity (Wildman–Crippen MR) is 216 cm³/mol. The molecule has 288 valence electrons. The van der Waals surface area contributed by atoms with Gasteiger partial charge in [-0.1, -0.05) is 0 Å². The van der Waals surface area contributed by atoms with Crippen LogP contribution >= 0.6 is 15.9 Å². The number of hydrogen-bond donors (Lipinski definition) is 4. The Balaban J connectivity index is 0.000000200. The van der Waals surface area contributed by atoms with Crippen molar-refractivity contribution in [2.75, 3.05) is 102 Å². The summed E-state index contributed by atoms with van der Waals surface area (Å²) >= 11 is 3.25. The maximum Gasteiger partial charge on any atom is 0.179 e. The lowest BCUT2D eigenvalue weighted by atomic mass is 10.3. The van der Waals surface area contributed by atoms with Crippen molar-refractivity contribution in [1.29, 1.82) is 0 Å². The van der Waals surface area contributed by atoms with E-state index in [1.165, 1.54) is 51.9 Å². The van der Waals surface area contributed by atoms with E-state index in [0.29, 0.717) is 47.8 Å². The first-order valence-electron chi connectivity index (χ1n) is 18.1. The molecule has 6 rings (SSSR count). The highest BCUT2D eigenvalue weighted by molar-refractivity contribution is 9.10. The van der Waals surface area contributed by atoms with E-state index >= 15 is 0 Å². The minimum Gasteiger partial charge on any atom is -0.491 e. The molecule has 15 heteroatoms. The monoisotopic (exact) mass is 794 g/mol. The van der Waals surface area contributed by atoms with E-state index in [2.05, 4.69) is 61.6 Å². The van der Waals surface area contributed by atoms with Gasteiger partial charge in [-0.25, -0.2) is 19.9 Å². The Bertz CT molecular complexity index is 1640. The maximum absolute atomic E-state index is 5.95. The number of ether oxygens (including phenoxy) is 4. The fraction of sp³-hybridized carbons (Fsp3) is 0.474. The van der Waals surface area contributed by atoms with Gasteiger partial charge in [0, 0.05) is 69.2 Å². The van der Waals surface area contributed by atoms with Gasteiger partial charge in [0.05, 0.1) is 39.8 Å². The molecule has 5 N–H and O–H groups in total. The SMILES string of the molecule is CNc1ccnc(Br)c1.CNc1ccnc(Nc2cc(OCCCN3CCCC3)c(OC)cn2)c1.COc1cnc(N)cc1OCCCN1CCCC1. The number of nitrogen functional groups attached to an aromatic ring is 1. The summed E-state index contributed by atoms with van der Waals surface area (Å²) in [7, 11) is 6.98. The second-order valence-electron chi connectivity index (χ2n) is 12.4. The van der Waals surface area contributed by atoms with Gasteiger partial charge in [0.15, 0.2) is 23.0 Å². The molecule has 2 fully saturated rings. The second kappa shape index (κ2) is 23.1. The van der Waals surface area contributed by atoms with Crippen LogP contribution in [0.5, 0.6) is 23.0 Å². The third-order valence-electron chi connectivity index (χ3n) is 8.59. The van der Waals surface area contributed by atoms with Gasteiger partial charge in [0.25, 0.3) is 0 Å². The van der Waals surface area contributed by atoms with Crippen LogP contribution in [0.15, 0.2) is 65.8 Å². The molecule has 0 spiro atoms. The molecule has 0 unspecified atom stereocenters. The average Bonchev–Trinajstić information content (AvgIpc) is 3.91. The summed E-state index contributed by atoms with van der Waals surface area (Å²) in [6.45, 7) is 8.40. The summed E-state index contributed by atoms with van der Waals surface area (Å²) in [6, 6.07) is 11.2. The summed E-state index contributed by atoms with van der Waals surface area (Å²) in [5.74, 6) is 4.46. The van der Waals surface area contributed by atoms with Crippen LogP contribution in [0.1, 0.15) is 38.5 Å². The second-order valence-corrected chi connectivity index (χ2v) is 13.2. The molecule has 0 radical (unpaired) electrons. The lowest BCUT2D eigenvalue weighted by molar-refractivity contribution is 0.254. The number of pyridine rings is 4. The van der Waals surface area contributed by atoms with Gasteiger partial charge in [-0.2, -0.15) is 0 Å². The van der Waals surface area contributed by atoms with Crippen molar-refractivity contribution in [2.45, 2.75) is 38.5 Å². The first-order chi connectivity index (χ1) is 25.9. The van der Waals surface area contributed by atoms with Gasteiger partial charge in [-0.3, -0.25) is 0 Å². The van der Waals surface area contributed by atoms with E-state index < -0.39 is 0 Å².